The summed E-state index contributed by atoms with van der Waals surface area (Å²) in [6.45, 7) is 3.65. The molecule has 114 valence electrons. The molecule has 2 atom stereocenters. The second kappa shape index (κ2) is 6.14. The fourth-order valence-electron chi connectivity index (χ4n) is 3.63. The van der Waals surface area contributed by atoms with Crippen molar-refractivity contribution in [2.75, 3.05) is 13.1 Å². The first-order valence-electron chi connectivity index (χ1n) is 8.21. The van der Waals surface area contributed by atoms with Crippen LogP contribution >= 0.6 is 0 Å². The number of amides is 1. The van der Waals surface area contributed by atoms with Crippen molar-refractivity contribution in [2.45, 2.75) is 51.5 Å². The van der Waals surface area contributed by atoms with Crippen molar-refractivity contribution in [3.63, 3.8) is 0 Å². The Hall–Kier alpha value is -1.42. The lowest BCUT2D eigenvalue weighted by molar-refractivity contribution is 0.0785. The maximum Gasteiger partial charge on any atom is 0.255 e. The van der Waals surface area contributed by atoms with Gasteiger partial charge in [0.05, 0.1) is 5.56 Å². The zero-order valence-corrected chi connectivity index (χ0v) is 12.8. The van der Waals surface area contributed by atoms with E-state index < -0.39 is 0 Å². The second-order valence-corrected chi connectivity index (χ2v) is 6.46. The number of aryl methyl sites for hydroxylation is 2. The largest absolute Gasteiger partial charge is 0.337 e. The molecule has 3 rings (SSSR count). The van der Waals surface area contributed by atoms with Gasteiger partial charge in [-0.15, -0.1) is 0 Å². The number of nitrogens with zero attached hydrogens (tertiary/aromatic N) is 2. The third kappa shape index (κ3) is 2.95. The van der Waals surface area contributed by atoms with E-state index in [1.165, 1.54) is 24.1 Å². The highest BCUT2D eigenvalue weighted by Crippen LogP contribution is 2.24. The third-order valence-corrected chi connectivity index (χ3v) is 4.85. The smallest absolute Gasteiger partial charge is 0.255 e. The average molecular weight is 287 g/mol. The molecule has 0 saturated carbocycles. The topological polar surface area (TPSA) is 59.2 Å². The maximum atomic E-state index is 12.7. The van der Waals surface area contributed by atoms with Crippen molar-refractivity contribution in [1.29, 1.82) is 0 Å². The molecule has 4 heteroatoms. The highest BCUT2D eigenvalue weighted by Gasteiger charge is 2.32. The van der Waals surface area contributed by atoms with Crippen molar-refractivity contribution in [3.8, 4) is 0 Å². The standard InChI is InChI=1S/C17H25N3O/c1-2-5-13-10-20(11-15(13)18)17(21)14-8-12-6-3-4-7-16(12)19-9-14/h8-9,13,15H,2-7,10-11,18H2,1H3/t13-,15-/m0/s1. The quantitative estimate of drug-likeness (QED) is 0.926. The van der Waals surface area contributed by atoms with Crippen molar-refractivity contribution in [2.24, 2.45) is 11.7 Å². The Morgan fingerprint density at radius 2 is 2.19 bits per heavy atom. The van der Waals surface area contributed by atoms with Crippen molar-refractivity contribution in [1.82, 2.24) is 9.88 Å². The highest BCUT2D eigenvalue weighted by molar-refractivity contribution is 5.94. The fraction of sp³-hybridized carbons (Fsp3) is 0.647. The van der Waals surface area contributed by atoms with E-state index in [1.54, 1.807) is 6.20 Å². The molecule has 1 fully saturated rings. The van der Waals surface area contributed by atoms with Gasteiger partial charge in [0, 0.05) is 31.0 Å². The third-order valence-electron chi connectivity index (χ3n) is 4.85. The summed E-state index contributed by atoms with van der Waals surface area (Å²) >= 11 is 0. The fourth-order valence-corrected chi connectivity index (χ4v) is 3.63. The Kier molecular flexibility index (Phi) is 4.24. The van der Waals surface area contributed by atoms with Crippen LogP contribution < -0.4 is 5.73 Å². The van der Waals surface area contributed by atoms with Crippen LogP contribution in [-0.4, -0.2) is 34.9 Å². The molecule has 0 unspecified atom stereocenters. The molecule has 1 saturated heterocycles. The first-order valence-corrected chi connectivity index (χ1v) is 8.21. The van der Waals surface area contributed by atoms with Crippen LogP contribution in [0.15, 0.2) is 12.3 Å². The number of hydrogen-bond acceptors (Lipinski definition) is 3. The molecule has 0 radical (unpaired) electrons. The lowest BCUT2D eigenvalue weighted by Gasteiger charge is -2.19. The van der Waals surface area contributed by atoms with Crippen LogP contribution in [0.25, 0.3) is 0 Å². The van der Waals surface area contributed by atoms with Crippen LogP contribution in [-0.2, 0) is 12.8 Å². The van der Waals surface area contributed by atoms with E-state index in [1.807, 2.05) is 4.90 Å². The normalized spacial score (nSPS) is 25.0. The van der Waals surface area contributed by atoms with Gasteiger partial charge in [0.25, 0.3) is 5.91 Å². The van der Waals surface area contributed by atoms with Crippen LogP contribution in [0.1, 0.15) is 54.2 Å². The number of pyridine rings is 1. The van der Waals surface area contributed by atoms with E-state index >= 15 is 0 Å². The molecule has 0 spiro atoms. The lowest BCUT2D eigenvalue weighted by Crippen LogP contribution is -2.32. The SMILES string of the molecule is CCC[C@H]1CN(C(=O)c2cnc3c(c2)CCCC3)C[C@@H]1N. The molecule has 21 heavy (non-hydrogen) atoms. The van der Waals surface area contributed by atoms with Crippen molar-refractivity contribution >= 4 is 5.91 Å². The number of carbonyl (C=O) groups is 1. The summed E-state index contributed by atoms with van der Waals surface area (Å²) < 4.78 is 0. The van der Waals surface area contributed by atoms with Crippen LogP contribution in [0, 0.1) is 5.92 Å². The molecule has 1 amide bonds. The number of fused-ring (bicyclic) bond motifs is 1. The molecule has 2 N–H and O–H groups in total. The zero-order valence-electron chi connectivity index (χ0n) is 12.8. The minimum absolute atomic E-state index is 0.102. The minimum atomic E-state index is 0.102. The van der Waals surface area contributed by atoms with Gasteiger partial charge in [0.2, 0.25) is 0 Å². The molecule has 4 nitrogen and oxygen atoms in total. The lowest BCUT2D eigenvalue weighted by atomic mass is 9.95. The predicted molar refractivity (Wildman–Crippen MR) is 83.2 cm³/mol. The van der Waals surface area contributed by atoms with Crippen LogP contribution in [0.4, 0.5) is 0 Å². The summed E-state index contributed by atoms with van der Waals surface area (Å²) in [4.78, 5) is 19.1. The summed E-state index contributed by atoms with van der Waals surface area (Å²) in [6, 6.07) is 2.18. The van der Waals surface area contributed by atoms with Gasteiger partial charge in [0.15, 0.2) is 0 Å². The summed E-state index contributed by atoms with van der Waals surface area (Å²) in [5.41, 5.74) is 9.35. The van der Waals surface area contributed by atoms with Crippen LogP contribution in [0.5, 0.6) is 0 Å². The molecule has 0 bridgehead atoms. The highest BCUT2D eigenvalue weighted by atomic mass is 16.2. The van der Waals surface area contributed by atoms with E-state index in [0.29, 0.717) is 12.5 Å². The first kappa shape index (κ1) is 14.5. The molecule has 1 aromatic rings. The summed E-state index contributed by atoms with van der Waals surface area (Å²) in [6.07, 6.45) is 8.52. The molecule has 1 aliphatic heterocycles. The van der Waals surface area contributed by atoms with Gasteiger partial charge in [-0.1, -0.05) is 13.3 Å². The molecule has 2 aliphatic rings. The second-order valence-electron chi connectivity index (χ2n) is 6.46. The zero-order chi connectivity index (χ0) is 14.8. The number of aromatic nitrogens is 1. The molecular formula is C17H25N3O. The van der Waals surface area contributed by atoms with Gasteiger partial charge in [-0.3, -0.25) is 9.78 Å². The predicted octanol–water partition coefficient (Wildman–Crippen LogP) is 2.16. The maximum absolute atomic E-state index is 12.7. The van der Waals surface area contributed by atoms with E-state index in [4.69, 9.17) is 5.73 Å². The van der Waals surface area contributed by atoms with Gasteiger partial charge in [-0.25, -0.2) is 0 Å². The monoisotopic (exact) mass is 287 g/mol. The first-order chi connectivity index (χ1) is 10.2. The summed E-state index contributed by atoms with van der Waals surface area (Å²) in [5.74, 6) is 0.550. The Morgan fingerprint density at radius 3 is 3.00 bits per heavy atom. The average Bonchev–Trinajstić information content (AvgIpc) is 2.87. The molecule has 0 aromatic carbocycles. The Bertz CT molecular complexity index is 529. The Labute approximate surface area is 126 Å². The number of carbonyl (C=O) groups excluding carboxylic acids is 1. The Balaban J connectivity index is 1.74. The van der Waals surface area contributed by atoms with E-state index in [0.717, 1.165) is 37.8 Å². The van der Waals surface area contributed by atoms with Gasteiger partial charge in [-0.05, 0) is 49.7 Å². The Morgan fingerprint density at radius 1 is 1.38 bits per heavy atom. The summed E-state index contributed by atoms with van der Waals surface area (Å²) in [5, 5.41) is 0. The van der Waals surface area contributed by atoms with Crippen LogP contribution in [0.3, 0.4) is 0 Å². The van der Waals surface area contributed by atoms with Crippen molar-refractivity contribution < 1.29 is 4.79 Å². The molecule has 1 aromatic heterocycles. The van der Waals surface area contributed by atoms with Gasteiger partial charge in [-0.2, -0.15) is 0 Å². The van der Waals surface area contributed by atoms with Gasteiger partial charge in [0.1, 0.15) is 0 Å². The number of likely N-dealkylation sites (tertiary alicyclic amines) is 1. The van der Waals surface area contributed by atoms with E-state index in [9.17, 15) is 4.79 Å². The number of rotatable bonds is 3. The van der Waals surface area contributed by atoms with Crippen molar-refractivity contribution in [3.05, 3.63) is 29.1 Å². The minimum Gasteiger partial charge on any atom is -0.337 e. The number of nitrogens with two attached hydrogens (primary N) is 1. The van der Waals surface area contributed by atoms with Crippen LogP contribution in [0.2, 0.25) is 0 Å². The molecule has 2 heterocycles. The summed E-state index contributed by atoms with van der Waals surface area (Å²) in [7, 11) is 0. The molecular weight excluding hydrogens is 262 g/mol. The van der Waals surface area contributed by atoms with Gasteiger partial charge < -0.3 is 10.6 Å². The molecule has 1 aliphatic carbocycles. The van der Waals surface area contributed by atoms with E-state index in [-0.39, 0.29) is 11.9 Å². The number of hydrogen-bond donors (Lipinski definition) is 1. The van der Waals surface area contributed by atoms with Gasteiger partial charge >= 0.3 is 0 Å². The van der Waals surface area contributed by atoms with E-state index in [2.05, 4.69) is 18.0 Å².